The van der Waals surface area contributed by atoms with Gasteiger partial charge < -0.3 is 68.8 Å². The van der Waals surface area contributed by atoms with Crippen LogP contribution in [-0.2, 0) is 39.8 Å². The molecule has 0 saturated heterocycles. The molecule has 0 bridgehead atoms. The van der Waals surface area contributed by atoms with Crippen LogP contribution < -0.4 is 95.6 Å². The minimum absolute atomic E-state index is 0. The summed E-state index contributed by atoms with van der Waals surface area (Å²) in [5, 5.41) is 18.9. The maximum atomic E-state index is 13.1. The summed E-state index contributed by atoms with van der Waals surface area (Å²) < 4.78 is 8.88. The van der Waals surface area contributed by atoms with Crippen LogP contribution in [0.25, 0.3) is 0 Å². The summed E-state index contributed by atoms with van der Waals surface area (Å²) in [5.74, 6) is -4.65. The summed E-state index contributed by atoms with van der Waals surface area (Å²) in [7, 11) is -4.64. The van der Waals surface area contributed by atoms with E-state index < -0.39 is 74.6 Å². The van der Waals surface area contributed by atoms with Gasteiger partial charge >= 0.3 is 65.2 Å². The number of amides is 4. The number of benzene rings is 1. The predicted molar refractivity (Wildman–Crippen MR) is 172 cm³/mol. The number of aliphatic imine (C=N–C) groups is 1. The van der Waals surface area contributed by atoms with Gasteiger partial charge in [-0.15, -0.1) is 0 Å². The van der Waals surface area contributed by atoms with E-state index in [0.29, 0.717) is 37.8 Å². The third kappa shape index (κ3) is 26.7. The molecule has 0 saturated carbocycles. The Balaban J connectivity index is 0. The van der Waals surface area contributed by atoms with E-state index in [0.717, 1.165) is 0 Å². The number of phosphoric acid groups is 1. The number of hydrogen-bond donors (Lipinski definition) is 12. The van der Waals surface area contributed by atoms with Crippen LogP contribution in [0.1, 0.15) is 44.1 Å². The van der Waals surface area contributed by atoms with Crippen molar-refractivity contribution in [2.45, 2.75) is 69.1 Å². The first kappa shape index (κ1) is 48.3. The molecule has 1 aromatic rings. The van der Waals surface area contributed by atoms with Crippen molar-refractivity contribution >= 4 is 49.7 Å². The average molecular weight is 742 g/mol. The van der Waals surface area contributed by atoms with Gasteiger partial charge in [-0.1, -0.05) is 49.2 Å². The molecule has 0 spiro atoms. The second kappa shape index (κ2) is 27.0. The first-order chi connectivity index (χ1) is 22.5. The number of nitrogens with zero attached hydrogens (tertiary/aromatic N) is 1. The van der Waals surface area contributed by atoms with Gasteiger partial charge in [-0.05, 0) is 31.4 Å². The summed E-state index contributed by atoms with van der Waals surface area (Å²) >= 11 is 0. The molecule has 1 aromatic carbocycles. The number of carboxylic acids is 1. The van der Waals surface area contributed by atoms with Gasteiger partial charge in [0.25, 0.3) is 0 Å². The molecule has 0 aliphatic rings. The van der Waals surface area contributed by atoms with Crippen molar-refractivity contribution in [2.24, 2.45) is 27.9 Å². The zero-order valence-corrected chi connectivity index (χ0v) is 31.1. The fourth-order valence-electron chi connectivity index (χ4n) is 3.84. The molecular weight excluding hydrogens is 696 g/mol. The van der Waals surface area contributed by atoms with E-state index in [1.54, 1.807) is 36.6 Å². The van der Waals surface area contributed by atoms with Crippen molar-refractivity contribution in [3.05, 3.63) is 35.9 Å². The minimum Gasteiger partial charge on any atom is -0.540 e. The Labute approximate surface area is 325 Å². The molecule has 4 atom stereocenters. The normalized spacial score (nSPS) is 12.9. The number of unbranched alkanes of at least 4 members (excludes halogenated alkanes) is 1. The Morgan fingerprint density at radius 2 is 1.47 bits per heavy atom. The van der Waals surface area contributed by atoms with Crippen LogP contribution in [0.5, 0.6) is 0 Å². The number of guanidine groups is 1. The summed E-state index contributed by atoms with van der Waals surface area (Å²) in [6, 6.07) is 3.98. The second-order valence-electron chi connectivity index (χ2n) is 10.2. The summed E-state index contributed by atoms with van der Waals surface area (Å²) in [6.07, 6.45) is 3.11. The number of carbonyl (C=O) groups is 5. The van der Waals surface area contributed by atoms with Crippen molar-refractivity contribution in [3.8, 4) is 0 Å². The molecule has 0 aromatic heterocycles. The molecule has 0 unspecified atom stereocenters. The SMILES string of the molecule is NCCCC[C@@H]([C-]=O)NC(=O)[C@@H](Cc1ccccc1)NC(=O)[C@H](CC(=O)O)NC(=O)CNC(=O)[C@@H](N)CCCN=C(N)N.O=P(O)(O)O.[K+]. The molecule has 0 radical (unpaired) electrons. The Morgan fingerprint density at radius 1 is 0.878 bits per heavy atom. The van der Waals surface area contributed by atoms with E-state index in [1.165, 1.54) is 0 Å². The molecule has 270 valence electrons. The Kier molecular flexibility index (Phi) is 26.6. The molecule has 22 heteroatoms. The molecule has 0 fully saturated rings. The molecule has 49 heavy (non-hydrogen) atoms. The van der Waals surface area contributed by atoms with Crippen molar-refractivity contribution in [1.82, 2.24) is 21.3 Å². The van der Waals surface area contributed by atoms with E-state index in [9.17, 15) is 33.9 Å². The number of aliphatic carboxylic acids is 1. The topological polar surface area (TPSA) is 365 Å². The fourth-order valence-corrected chi connectivity index (χ4v) is 3.84. The molecule has 0 heterocycles. The van der Waals surface area contributed by atoms with Gasteiger partial charge in [0.05, 0.1) is 19.0 Å². The fraction of sp³-hybridized carbons (Fsp3) is 0.519. The smallest absolute Gasteiger partial charge is 0.540 e. The minimum atomic E-state index is -4.64. The third-order valence-electron chi connectivity index (χ3n) is 6.08. The van der Waals surface area contributed by atoms with Crippen LogP contribution in [0.2, 0.25) is 0 Å². The number of carboxylic acid groups (broad SMARTS) is 1. The quantitative estimate of drug-likeness (QED) is 0.0139. The van der Waals surface area contributed by atoms with Gasteiger partial charge in [-0.3, -0.25) is 29.0 Å². The Bertz CT molecular complexity index is 1260. The Morgan fingerprint density at radius 3 is 2.00 bits per heavy atom. The van der Waals surface area contributed by atoms with Crippen LogP contribution in [-0.4, -0.2) is 105 Å². The van der Waals surface area contributed by atoms with E-state index in [1.807, 2.05) is 0 Å². The molecule has 4 amide bonds. The molecule has 0 aliphatic carbocycles. The van der Waals surface area contributed by atoms with Gasteiger partial charge in [-0.25, -0.2) is 10.9 Å². The molecule has 16 N–H and O–H groups in total. The molecular formula is C27H45KN9O11P. The first-order valence-corrected chi connectivity index (χ1v) is 16.1. The molecule has 20 nitrogen and oxygen atoms in total. The van der Waals surface area contributed by atoms with E-state index in [2.05, 4.69) is 26.3 Å². The Hall–Kier alpha value is -2.82. The van der Waals surface area contributed by atoms with E-state index in [4.69, 9.17) is 42.2 Å². The molecule has 1 rings (SSSR count). The average Bonchev–Trinajstić information content (AvgIpc) is 3.00. The number of nitrogens with one attached hydrogen (secondary N) is 4. The van der Waals surface area contributed by atoms with Gasteiger partial charge in [0.15, 0.2) is 5.96 Å². The van der Waals surface area contributed by atoms with Crippen molar-refractivity contribution in [1.29, 1.82) is 0 Å². The predicted octanol–water partition coefficient (Wildman–Crippen LogP) is -7.03. The van der Waals surface area contributed by atoms with Crippen LogP contribution in [0.15, 0.2) is 35.3 Å². The monoisotopic (exact) mass is 741 g/mol. The summed E-state index contributed by atoms with van der Waals surface area (Å²) in [5.41, 5.74) is 22.4. The maximum absolute atomic E-state index is 13.1. The molecule has 0 aliphatic heterocycles. The number of rotatable bonds is 21. The van der Waals surface area contributed by atoms with Crippen molar-refractivity contribution in [3.63, 3.8) is 0 Å². The summed E-state index contributed by atoms with van der Waals surface area (Å²) in [6.45, 7) is 0.0961. The van der Waals surface area contributed by atoms with Crippen LogP contribution in [0.3, 0.4) is 0 Å². The number of carbonyl (C=O) groups excluding carboxylic acids is 5. The maximum Gasteiger partial charge on any atom is 1.00 e. The second-order valence-corrected chi connectivity index (χ2v) is 11.2. The van der Waals surface area contributed by atoms with E-state index >= 15 is 0 Å². The number of hydrogen-bond acceptors (Lipinski definition) is 10. The van der Waals surface area contributed by atoms with Gasteiger partial charge in [0.2, 0.25) is 23.6 Å². The van der Waals surface area contributed by atoms with Crippen LogP contribution in [0, 0.1) is 0 Å². The first-order valence-electron chi connectivity index (χ1n) is 14.6. The van der Waals surface area contributed by atoms with Crippen molar-refractivity contribution < 1.29 is 105 Å². The van der Waals surface area contributed by atoms with Crippen LogP contribution >= 0.6 is 7.82 Å². The zero-order chi connectivity index (χ0) is 36.7. The summed E-state index contributed by atoms with van der Waals surface area (Å²) in [4.78, 5) is 99.2. The largest absolute Gasteiger partial charge is 1.00 e. The van der Waals surface area contributed by atoms with Gasteiger partial charge in [0.1, 0.15) is 12.1 Å². The third-order valence-corrected chi connectivity index (χ3v) is 6.08. The van der Waals surface area contributed by atoms with Gasteiger partial charge in [0, 0.05) is 13.0 Å². The zero-order valence-electron chi connectivity index (χ0n) is 27.1. The standard InChI is InChI=1S/C27H42N9O7.K.H3O4P/c28-11-5-4-9-18(16-37)34-25(42)20(13-17-7-2-1-3-8-17)36-26(43)21(14-23(39)40)35-22(38)15-33-24(41)19(29)10-6-12-32-27(30)31;;1-5(2,3)4/h1-3,7-8,18-21H,4-6,9-15,28-29H2,(H,33,41)(H,34,42)(H,35,38)(H,36,43)(H,39,40)(H4,30,31,32);;(H3,1,2,3,4)/q-1;+1;/t18-,19-,20+,21-;;/m0../s1. The van der Waals surface area contributed by atoms with Crippen LogP contribution in [0.4, 0.5) is 0 Å². The van der Waals surface area contributed by atoms with Crippen molar-refractivity contribution in [2.75, 3.05) is 19.6 Å². The number of nitrogens with two attached hydrogens (primary N) is 4. The van der Waals surface area contributed by atoms with Gasteiger partial charge in [-0.2, -0.15) is 0 Å². The van der Waals surface area contributed by atoms with E-state index in [-0.39, 0.29) is 76.7 Å².